The summed E-state index contributed by atoms with van der Waals surface area (Å²) in [6.45, 7) is 0. The molecule has 0 heterocycles. The van der Waals surface area contributed by atoms with Gasteiger partial charge in [-0.25, -0.2) is 4.39 Å². The monoisotopic (exact) mass is 246 g/mol. The van der Waals surface area contributed by atoms with E-state index in [9.17, 15) is 13.8 Å². The molecule has 0 spiro atoms. The normalized spacial score (nSPS) is 11.4. The molecule has 0 saturated carbocycles. The van der Waals surface area contributed by atoms with Gasteiger partial charge in [0.15, 0.2) is 0 Å². The smallest absolute Gasteiger partial charge is 0.307 e. The van der Waals surface area contributed by atoms with Gasteiger partial charge in [0, 0.05) is 20.6 Å². The lowest BCUT2D eigenvalue weighted by molar-refractivity contribution is -0.113. The Hall–Kier alpha value is -1.03. The van der Waals surface area contributed by atoms with Gasteiger partial charge in [-0.3, -0.25) is 9.36 Å². The molecule has 0 aliphatic rings. The molecule has 0 aromatic heterocycles. The highest BCUT2D eigenvalue weighted by molar-refractivity contribution is 7.71. The predicted molar refractivity (Wildman–Crippen MR) is 56.7 cm³/mol. The first kappa shape index (κ1) is 13.0. The van der Waals surface area contributed by atoms with Gasteiger partial charge in [-0.2, -0.15) is 0 Å². The summed E-state index contributed by atoms with van der Waals surface area (Å²) in [5.41, 5.74) is -0.593. The molecule has 16 heavy (non-hydrogen) atoms. The number of halogens is 1. The molecule has 88 valence electrons. The van der Waals surface area contributed by atoms with Crippen LogP contribution in [-0.2, 0) is 24.8 Å². The van der Waals surface area contributed by atoms with Crippen molar-refractivity contribution in [1.82, 2.24) is 0 Å². The summed E-state index contributed by atoms with van der Waals surface area (Å²) in [7, 11) is -1.53. The first-order valence-electron chi connectivity index (χ1n) is 4.52. The molecule has 1 rings (SSSR count). The molecule has 0 aliphatic carbocycles. The molecule has 0 radical (unpaired) electrons. The summed E-state index contributed by atoms with van der Waals surface area (Å²) in [5.74, 6) is -0.519. The van der Waals surface area contributed by atoms with Crippen LogP contribution in [0, 0.1) is 5.82 Å². The van der Waals surface area contributed by atoms with E-state index in [1.807, 2.05) is 0 Å². The average Bonchev–Trinajstić information content (AvgIpc) is 2.31. The summed E-state index contributed by atoms with van der Waals surface area (Å²) in [4.78, 5) is 11.6. The molecule has 1 aromatic rings. The molecule has 0 amide bonds. The van der Waals surface area contributed by atoms with Crippen molar-refractivity contribution in [2.24, 2.45) is 0 Å². The van der Waals surface area contributed by atoms with Crippen LogP contribution in [-0.4, -0.2) is 19.7 Å². The van der Waals surface area contributed by atoms with Gasteiger partial charge >= 0.3 is 7.60 Å². The van der Waals surface area contributed by atoms with Crippen LogP contribution in [0.25, 0.3) is 0 Å². The summed E-state index contributed by atoms with van der Waals surface area (Å²) < 4.78 is 33.9. The SMILES string of the molecule is COP(=O)(OC)C(=O)Cc1ccccc1F. The Morgan fingerprint density at radius 3 is 2.38 bits per heavy atom. The fourth-order valence-corrected chi connectivity index (χ4v) is 2.10. The van der Waals surface area contributed by atoms with E-state index >= 15 is 0 Å². The van der Waals surface area contributed by atoms with Gasteiger partial charge in [0.25, 0.3) is 0 Å². The van der Waals surface area contributed by atoms with Crippen molar-refractivity contribution in [2.75, 3.05) is 14.2 Å². The Morgan fingerprint density at radius 1 is 1.31 bits per heavy atom. The molecule has 4 nitrogen and oxygen atoms in total. The standard InChI is InChI=1S/C10H12FO4P/c1-14-16(13,15-2)10(12)7-8-5-3-4-6-9(8)11/h3-6H,7H2,1-2H3. The largest absolute Gasteiger partial charge is 0.396 e. The molecule has 0 fully saturated rings. The van der Waals surface area contributed by atoms with Gasteiger partial charge in [-0.05, 0) is 11.6 Å². The van der Waals surface area contributed by atoms with Gasteiger partial charge < -0.3 is 9.05 Å². The minimum absolute atomic E-state index is 0.168. The number of carbonyl (C=O) groups is 1. The van der Waals surface area contributed by atoms with Gasteiger partial charge in [-0.1, -0.05) is 18.2 Å². The molecule has 0 aliphatic heterocycles. The van der Waals surface area contributed by atoms with Crippen LogP contribution in [0.15, 0.2) is 24.3 Å². The Bertz CT molecular complexity index is 425. The van der Waals surface area contributed by atoms with Crippen molar-refractivity contribution in [3.8, 4) is 0 Å². The molecule has 6 heteroatoms. The minimum Gasteiger partial charge on any atom is -0.307 e. The average molecular weight is 246 g/mol. The zero-order valence-corrected chi connectivity index (χ0v) is 9.87. The number of benzene rings is 1. The highest BCUT2D eigenvalue weighted by Gasteiger charge is 2.32. The fourth-order valence-electron chi connectivity index (χ4n) is 1.18. The highest BCUT2D eigenvalue weighted by atomic mass is 31.2. The first-order valence-corrected chi connectivity index (χ1v) is 6.06. The van der Waals surface area contributed by atoms with E-state index < -0.39 is 18.9 Å². The molecule has 0 N–H and O–H groups in total. The molecule has 1 aromatic carbocycles. The van der Waals surface area contributed by atoms with Crippen molar-refractivity contribution in [2.45, 2.75) is 6.42 Å². The third kappa shape index (κ3) is 2.76. The van der Waals surface area contributed by atoms with Crippen molar-refractivity contribution in [3.05, 3.63) is 35.6 Å². The summed E-state index contributed by atoms with van der Waals surface area (Å²) in [5, 5.41) is 0. The van der Waals surface area contributed by atoms with Crippen molar-refractivity contribution >= 4 is 13.1 Å². The van der Waals surface area contributed by atoms with Crippen LogP contribution in [0.4, 0.5) is 4.39 Å². The van der Waals surface area contributed by atoms with Gasteiger partial charge in [0.2, 0.25) is 5.52 Å². The topological polar surface area (TPSA) is 52.6 Å². The molecular weight excluding hydrogens is 234 g/mol. The van der Waals surface area contributed by atoms with Crippen molar-refractivity contribution in [3.63, 3.8) is 0 Å². The quantitative estimate of drug-likeness (QED) is 0.748. The Balaban J connectivity index is 2.87. The lowest BCUT2D eigenvalue weighted by Crippen LogP contribution is -2.08. The van der Waals surface area contributed by atoms with Crippen molar-refractivity contribution < 1.29 is 22.8 Å². The number of hydrogen-bond acceptors (Lipinski definition) is 4. The van der Waals surface area contributed by atoms with Crippen LogP contribution < -0.4 is 0 Å². The minimum atomic E-state index is -3.76. The Morgan fingerprint density at radius 2 is 1.88 bits per heavy atom. The predicted octanol–water partition coefficient (Wildman–Crippen LogP) is 2.38. The van der Waals surface area contributed by atoms with E-state index in [0.717, 1.165) is 14.2 Å². The number of carbonyl (C=O) groups excluding carboxylic acids is 1. The van der Waals surface area contributed by atoms with E-state index in [2.05, 4.69) is 9.05 Å². The van der Waals surface area contributed by atoms with Gasteiger partial charge in [0.05, 0.1) is 0 Å². The zero-order valence-electron chi connectivity index (χ0n) is 8.97. The van der Waals surface area contributed by atoms with E-state index in [1.54, 1.807) is 6.07 Å². The van der Waals surface area contributed by atoms with Crippen LogP contribution in [0.2, 0.25) is 0 Å². The maximum absolute atomic E-state index is 13.2. The fraction of sp³-hybridized carbons (Fsp3) is 0.300. The van der Waals surface area contributed by atoms with E-state index in [-0.39, 0.29) is 12.0 Å². The number of rotatable bonds is 5. The van der Waals surface area contributed by atoms with E-state index in [1.165, 1.54) is 18.2 Å². The lowest BCUT2D eigenvalue weighted by Gasteiger charge is -2.11. The third-order valence-corrected chi connectivity index (χ3v) is 3.82. The van der Waals surface area contributed by atoms with Gasteiger partial charge in [0.1, 0.15) is 5.82 Å². The van der Waals surface area contributed by atoms with Crippen molar-refractivity contribution in [1.29, 1.82) is 0 Å². The molecule has 0 atom stereocenters. The van der Waals surface area contributed by atoms with E-state index in [0.29, 0.717) is 0 Å². The summed E-state index contributed by atoms with van der Waals surface area (Å²) >= 11 is 0. The summed E-state index contributed by atoms with van der Waals surface area (Å²) in [6, 6.07) is 5.78. The second kappa shape index (κ2) is 5.34. The Kier molecular flexibility index (Phi) is 4.35. The molecule has 0 bridgehead atoms. The van der Waals surface area contributed by atoms with Crippen LogP contribution in [0.1, 0.15) is 5.56 Å². The molecule has 0 unspecified atom stereocenters. The van der Waals surface area contributed by atoms with E-state index in [4.69, 9.17) is 0 Å². The maximum Gasteiger partial charge on any atom is 0.396 e. The zero-order chi connectivity index (χ0) is 12.2. The highest BCUT2D eigenvalue weighted by Crippen LogP contribution is 2.48. The van der Waals surface area contributed by atoms with Gasteiger partial charge in [-0.15, -0.1) is 0 Å². The number of hydrogen-bond donors (Lipinski definition) is 0. The van der Waals surface area contributed by atoms with Crippen LogP contribution in [0.3, 0.4) is 0 Å². The Labute approximate surface area is 92.9 Å². The maximum atomic E-state index is 13.2. The third-order valence-electron chi connectivity index (χ3n) is 2.09. The first-order chi connectivity index (χ1) is 7.53. The molecular formula is C10H12FO4P. The summed E-state index contributed by atoms with van der Waals surface area (Å²) in [6.07, 6.45) is -0.314. The van der Waals surface area contributed by atoms with Crippen LogP contribution in [0.5, 0.6) is 0 Å². The molecule has 0 saturated heterocycles. The lowest BCUT2D eigenvalue weighted by atomic mass is 10.1. The second-order valence-corrected chi connectivity index (χ2v) is 5.25. The second-order valence-electron chi connectivity index (χ2n) is 3.02. The van der Waals surface area contributed by atoms with Crippen LogP contribution >= 0.6 is 7.60 Å².